The number of ether oxygens (including phenoxy) is 2. The fraction of sp³-hybridized carbons (Fsp3) is 0.551. The molecular weight excluding hydrogens is 829 g/mol. The summed E-state index contributed by atoms with van der Waals surface area (Å²) in [5, 5.41) is 24.3. The number of aromatic amines is 2. The van der Waals surface area contributed by atoms with Crippen LogP contribution < -0.4 is 10.6 Å². The van der Waals surface area contributed by atoms with Crippen molar-refractivity contribution in [1.29, 1.82) is 0 Å². The molecule has 4 aliphatic heterocycles. The highest BCUT2D eigenvalue weighted by Crippen LogP contribution is 2.65. The average Bonchev–Trinajstić information content (AvgIpc) is 3.98. The summed E-state index contributed by atoms with van der Waals surface area (Å²) in [5.74, 6) is 1.24. The Bertz CT molecular complexity index is 2210. The first-order valence-corrected chi connectivity index (χ1v) is 23.3. The third-order valence-corrected chi connectivity index (χ3v) is 15.4. The van der Waals surface area contributed by atoms with Gasteiger partial charge in [-0.2, -0.15) is 0 Å². The van der Waals surface area contributed by atoms with Crippen LogP contribution in [0.2, 0.25) is 0 Å². The highest BCUT2D eigenvalue weighted by atomic mass is 16.5. The average molecular weight is 891 g/mol. The number of likely N-dealkylation sites (tertiary alicyclic amines) is 2. The molecule has 65 heavy (non-hydrogen) atoms. The van der Waals surface area contributed by atoms with Crippen LogP contribution in [0.15, 0.2) is 60.9 Å². The molecule has 1 aliphatic carbocycles. The molecule has 5 fully saturated rings. The Morgan fingerprint density at radius 3 is 1.37 bits per heavy atom. The number of carbonyl (C=O) groups excluding carboxylic acids is 2. The minimum absolute atomic E-state index is 0.0770. The third kappa shape index (κ3) is 8.74. The second-order valence-corrected chi connectivity index (χ2v) is 19.8. The molecule has 16 heteroatoms. The van der Waals surface area contributed by atoms with Gasteiger partial charge in [0.15, 0.2) is 0 Å². The number of carbonyl (C=O) groups is 4. The molecule has 346 valence electrons. The molecule has 0 unspecified atom stereocenters. The Morgan fingerprint density at radius 1 is 0.646 bits per heavy atom. The Balaban J connectivity index is 0.858. The van der Waals surface area contributed by atoms with E-state index in [4.69, 9.17) is 19.4 Å². The van der Waals surface area contributed by atoms with Gasteiger partial charge in [-0.05, 0) is 90.9 Å². The van der Waals surface area contributed by atoms with Gasteiger partial charge < -0.3 is 50.1 Å². The quantitative estimate of drug-likeness (QED) is 0.0854. The SMILES string of the molecule is C[C@H]1C[C@@H](c2ncc(-c3ccc([C@]4(C)C[C@@]4(C)c4ccc(-c5cnc([C@@H]6C[C@H](C)CN6C(=O)[C@@H](NC(=O)O)C6CCOCC6)[nH]5)cc4)cc3)[nH]2)N(C(=O)[C@@H](NC(=O)O)C2CCOCC2)C1. The monoisotopic (exact) mass is 890 g/mol. The van der Waals surface area contributed by atoms with Gasteiger partial charge in [-0.3, -0.25) is 9.59 Å². The van der Waals surface area contributed by atoms with E-state index in [2.05, 4.69) is 96.8 Å². The molecule has 6 heterocycles. The number of nitrogens with zero attached hydrogens (tertiary/aromatic N) is 4. The largest absolute Gasteiger partial charge is 0.465 e. The maximum absolute atomic E-state index is 14.0. The summed E-state index contributed by atoms with van der Waals surface area (Å²) < 4.78 is 11.0. The lowest BCUT2D eigenvalue weighted by atomic mass is 9.83. The molecule has 6 N–H and O–H groups in total. The summed E-state index contributed by atoms with van der Waals surface area (Å²) in [5.41, 5.74) is 6.06. The standard InChI is InChI=1S/C49H62N8O8/c1-28-21-38(56(25-28)44(58)40(54-46(60)61)32-13-17-64-18-14-32)42-50-23-36(52-42)30-5-9-34(10-6-30)48(3)27-49(48,4)35-11-7-31(8-12-35)37-24-51-43(53-37)39-22-29(2)26-57(39)45(59)41(55-47(62)63)33-15-19-65-20-16-33/h5-12,23-24,28-29,32-33,38-41,54-55H,13-22,25-27H2,1-4H3,(H,50,52)(H,51,53)(H,60,61)(H,62,63)/t28-,29-,38-,39-,40-,41-,48-,49-/m0/s1. The van der Waals surface area contributed by atoms with Crippen molar-refractivity contribution < 1.29 is 38.9 Å². The van der Waals surface area contributed by atoms with E-state index in [1.807, 2.05) is 22.2 Å². The van der Waals surface area contributed by atoms with E-state index in [9.17, 15) is 29.4 Å². The molecule has 8 atom stereocenters. The van der Waals surface area contributed by atoms with Crippen molar-refractivity contribution in [3.05, 3.63) is 83.7 Å². The predicted octanol–water partition coefficient (Wildman–Crippen LogP) is 7.03. The summed E-state index contributed by atoms with van der Waals surface area (Å²) in [7, 11) is 0. The van der Waals surface area contributed by atoms with Crippen molar-refractivity contribution in [2.75, 3.05) is 39.5 Å². The molecule has 4 aromatic rings. The van der Waals surface area contributed by atoms with Crippen molar-refractivity contribution in [3.63, 3.8) is 0 Å². The van der Waals surface area contributed by atoms with Crippen molar-refractivity contribution in [2.45, 2.75) is 108 Å². The highest BCUT2D eigenvalue weighted by Gasteiger charge is 2.62. The van der Waals surface area contributed by atoms with Crippen LogP contribution in [0.3, 0.4) is 0 Å². The van der Waals surface area contributed by atoms with Gasteiger partial charge in [-0.1, -0.05) is 76.2 Å². The molecular formula is C49H62N8O8. The fourth-order valence-electron chi connectivity index (χ4n) is 11.4. The molecule has 0 radical (unpaired) electrons. The smallest absolute Gasteiger partial charge is 0.405 e. The summed E-state index contributed by atoms with van der Waals surface area (Å²) in [6.07, 6.45) is 6.23. The topological polar surface area (TPSA) is 215 Å². The first-order chi connectivity index (χ1) is 31.2. The van der Waals surface area contributed by atoms with E-state index < -0.39 is 24.3 Å². The number of amides is 4. The zero-order valence-electron chi connectivity index (χ0n) is 37.7. The molecule has 2 aromatic carbocycles. The zero-order valence-corrected chi connectivity index (χ0v) is 37.7. The van der Waals surface area contributed by atoms with Gasteiger partial charge in [0, 0.05) is 50.3 Å². The lowest BCUT2D eigenvalue weighted by molar-refractivity contribution is -0.137. The van der Waals surface area contributed by atoms with Crippen molar-refractivity contribution >= 4 is 24.0 Å². The first kappa shape index (κ1) is 44.5. The van der Waals surface area contributed by atoms with Crippen LogP contribution in [0.1, 0.15) is 108 Å². The summed E-state index contributed by atoms with van der Waals surface area (Å²) in [6, 6.07) is 15.1. The Kier molecular flexibility index (Phi) is 12.3. The van der Waals surface area contributed by atoms with Gasteiger partial charge in [0.25, 0.3) is 0 Å². The van der Waals surface area contributed by atoms with Gasteiger partial charge in [0.2, 0.25) is 11.8 Å². The van der Waals surface area contributed by atoms with Gasteiger partial charge >= 0.3 is 12.2 Å². The number of carboxylic acid groups (broad SMARTS) is 2. The van der Waals surface area contributed by atoms with Crippen molar-refractivity contribution in [1.82, 2.24) is 40.4 Å². The van der Waals surface area contributed by atoms with E-state index in [1.54, 1.807) is 0 Å². The van der Waals surface area contributed by atoms with Crippen molar-refractivity contribution in [3.8, 4) is 22.5 Å². The maximum atomic E-state index is 14.0. The lowest BCUT2D eigenvalue weighted by Gasteiger charge is -2.34. The van der Waals surface area contributed by atoms with Crippen molar-refractivity contribution in [2.24, 2.45) is 23.7 Å². The minimum atomic E-state index is -1.20. The predicted molar refractivity (Wildman–Crippen MR) is 241 cm³/mol. The number of aromatic nitrogens is 4. The van der Waals surface area contributed by atoms with Gasteiger partial charge in [-0.15, -0.1) is 0 Å². The number of hydrogen-bond donors (Lipinski definition) is 6. The summed E-state index contributed by atoms with van der Waals surface area (Å²) >= 11 is 0. The number of imidazole rings is 2. The van der Waals surface area contributed by atoms with Crippen LogP contribution in [0.25, 0.3) is 22.5 Å². The summed E-state index contributed by atoms with van der Waals surface area (Å²) in [4.78, 5) is 71.7. The van der Waals surface area contributed by atoms with Crippen LogP contribution in [0.5, 0.6) is 0 Å². The van der Waals surface area contributed by atoms with Gasteiger partial charge in [0.1, 0.15) is 23.7 Å². The molecule has 0 bridgehead atoms. The van der Waals surface area contributed by atoms with Gasteiger partial charge in [0.05, 0.1) is 35.9 Å². The Hall–Kier alpha value is -5.74. The number of nitrogens with one attached hydrogen (secondary N) is 4. The van der Waals surface area contributed by atoms with Crippen LogP contribution in [-0.4, -0.2) is 116 Å². The van der Waals surface area contributed by atoms with E-state index in [-0.39, 0.29) is 58.4 Å². The van der Waals surface area contributed by atoms with E-state index in [0.29, 0.717) is 76.8 Å². The van der Waals surface area contributed by atoms with Crippen LogP contribution in [0, 0.1) is 23.7 Å². The zero-order chi connectivity index (χ0) is 45.6. The normalized spacial score (nSPS) is 28.2. The third-order valence-electron chi connectivity index (χ3n) is 15.4. The van der Waals surface area contributed by atoms with Gasteiger partial charge in [-0.25, -0.2) is 19.6 Å². The van der Waals surface area contributed by atoms with E-state index in [1.165, 1.54) is 11.1 Å². The molecule has 9 rings (SSSR count). The Morgan fingerprint density at radius 2 is 1.02 bits per heavy atom. The molecule has 16 nitrogen and oxygen atoms in total. The minimum Gasteiger partial charge on any atom is -0.465 e. The second kappa shape index (κ2) is 17.9. The second-order valence-electron chi connectivity index (χ2n) is 19.8. The number of benzene rings is 2. The number of hydrogen-bond acceptors (Lipinski definition) is 8. The summed E-state index contributed by atoms with van der Waals surface area (Å²) in [6.45, 7) is 12.0. The first-order valence-electron chi connectivity index (χ1n) is 23.3. The Labute approximate surface area is 379 Å². The van der Waals surface area contributed by atoms with Crippen LogP contribution in [0.4, 0.5) is 9.59 Å². The number of H-pyrrole nitrogens is 2. The molecule has 1 saturated carbocycles. The molecule has 4 amide bonds. The fourth-order valence-corrected chi connectivity index (χ4v) is 11.4. The van der Waals surface area contributed by atoms with E-state index in [0.717, 1.165) is 41.8 Å². The molecule has 2 aromatic heterocycles. The lowest BCUT2D eigenvalue weighted by Crippen LogP contribution is -2.53. The highest BCUT2D eigenvalue weighted by molar-refractivity contribution is 5.87. The maximum Gasteiger partial charge on any atom is 0.405 e. The number of rotatable bonds is 12. The van der Waals surface area contributed by atoms with Crippen LogP contribution in [-0.2, 0) is 29.9 Å². The van der Waals surface area contributed by atoms with Crippen LogP contribution >= 0.6 is 0 Å². The molecule has 0 spiro atoms. The molecule has 5 aliphatic rings. The van der Waals surface area contributed by atoms with E-state index >= 15 is 0 Å². The molecule has 4 saturated heterocycles.